The number of thiazole rings is 1. The van der Waals surface area contributed by atoms with Crippen molar-refractivity contribution in [2.75, 3.05) is 12.4 Å². The number of nitrogens with one attached hydrogen (secondary N) is 1. The highest BCUT2D eigenvalue weighted by Crippen LogP contribution is 2.31. The molecule has 4 aromatic rings. The first kappa shape index (κ1) is 19.2. The molecule has 5 heteroatoms. The van der Waals surface area contributed by atoms with Gasteiger partial charge in [0.15, 0.2) is 5.13 Å². The Bertz CT molecular complexity index is 1120. The van der Waals surface area contributed by atoms with Gasteiger partial charge in [0.2, 0.25) is 5.91 Å². The molecular formula is C24H22N2O2S. The fourth-order valence-electron chi connectivity index (χ4n) is 3.35. The number of methoxy groups -OCH3 is 1. The summed E-state index contributed by atoms with van der Waals surface area (Å²) in [5, 5.41) is 3.58. The lowest BCUT2D eigenvalue weighted by molar-refractivity contribution is -0.116. The van der Waals surface area contributed by atoms with Crippen LogP contribution in [0.2, 0.25) is 0 Å². The lowest BCUT2D eigenvalue weighted by Crippen LogP contribution is -2.16. The lowest BCUT2D eigenvalue weighted by Gasteiger charge is -2.17. The number of amides is 1. The molecule has 3 aromatic carbocycles. The van der Waals surface area contributed by atoms with E-state index in [0.29, 0.717) is 11.6 Å². The average Bonchev–Trinajstić information content (AvgIpc) is 3.14. The monoisotopic (exact) mass is 402 g/mol. The van der Waals surface area contributed by atoms with E-state index in [1.807, 2.05) is 36.4 Å². The molecule has 0 aliphatic carbocycles. The van der Waals surface area contributed by atoms with Gasteiger partial charge in [0.1, 0.15) is 5.75 Å². The summed E-state index contributed by atoms with van der Waals surface area (Å²) >= 11 is 1.45. The van der Waals surface area contributed by atoms with Crippen LogP contribution in [0.25, 0.3) is 10.2 Å². The zero-order chi connectivity index (χ0) is 20.2. The molecule has 0 bridgehead atoms. The van der Waals surface area contributed by atoms with E-state index in [2.05, 4.69) is 53.6 Å². The highest BCUT2D eigenvalue weighted by molar-refractivity contribution is 7.22. The number of rotatable bonds is 6. The Balaban J connectivity index is 1.55. The smallest absolute Gasteiger partial charge is 0.227 e. The Morgan fingerprint density at radius 1 is 1.03 bits per heavy atom. The predicted molar refractivity (Wildman–Crippen MR) is 119 cm³/mol. The van der Waals surface area contributed by atoms with Gasteiger partial charge in [-0.25, -0.2) is 4.98 Å². The molecule has 29 heavy (non-hydrogen) atoms. The van der Waals surface area contributed by atoms with E-state index in [0.717, 1.165) is 27.1 Å². The first-order chi connectivity index (χ1) is 14.1. The first-order valence-corrected chi connectivity index (χ1v) is 10.3. The van der Waals surface area contributed by atoms with Gasteiger partial charge in [0, 0.05) is 12.3 Å². The summed E-state index contributed by atoms with van der Waals surface area (Å²) in [6.07, 6.45) is 0.353. The molecule has 4 rings (SSSR count). The molecule has 1 heterocycles. The van der Waals surface area contributed by atoms with Crippen molar-refractivity contribution < 1.29 is 9.53 Å². The van der Waals surface area contributed by atoms with Gasteiger partial charge in [-0.05, 0) is 36.2 Å². The minimum absolute atomic E-state index is 0.00808. The molecule has 1 aromatic heterocycles. The van der Waals surface area contributed by atoms with E-state index in [4.69, 9.17) is 4.74 Å². The maximum atomic E-state index is 12.9. The zero-order valence-electron chi connectivity index (χ0n) is 16.4. The molecule has 146 valence electrons. The Hall–Kier alpha value is -3.18. The molecule has 0 saturated heterocycles. The number of nitrogens with zero attached hydrogens (tertiary/aromatic N) is 1. The number of hydrogen-bond donors (Lipinski definition) is 1. The quantitative estimate of drug-likeness (QED) is 0.445. The average molecular weight is 403 g/mol. The number of carbonyl (C=O) groups excluding carboxylic acids is 1. The minimum atomic E-state index is -0.0505. The Morgan fingerprint density at radius 2 is 1.76 bits per heavy atom. The third-order valence-corrected chi connectivity index (χ3v) is 5.85. The van der Waals surface area contributed by atoms with Crippen LogP contribution in [0, 0.1) is 6.92 Å². The summed E-state index contributed by atoms with van der Waals surface area (Å²) in [4.78, 5) is 17.4. The molecule has 0 fully saturated rings. The number of benzene rings is 3. The topological polar surface area (TPSA) is 51.2 Å². The van der Waals surface area contributed by atoms with Crippen molar-refractivity contribution in [3.05, 3.63) is 89.5 Å². The fourth-order valence-corrected chi connectivity index (χ4v) is 4.26. The largest absolute Gasteiger partial charge is 0.497 e. The van der Waals surface area contributed by atoms with Gasteiger partial charge in [-0.2, -0.15) is 0 Å². The van der Waals surface area contributed by atoms with Crippen molar-refractivity contribution in [3.63, 3.8) is 0 Å². The third kappa shape index (κ3) is 4.46. The third-order valence-electron chi connectivity index (χ3n) is 4.91. The molecule has 1 atom stereocenters. The Morgan fingerprint density at radius 3 is 2.48 bits per heavy atom. The summed E-state index contributed by atoms with van der Waals surface area (Å²) < 4.78 is 6.25. The van der Waals surface area contributed by atoms with E-state index in [1.54, 1.807) is 7.11 Å². The van der Waals surface area contributed by atoms with Crippen LogP contribution in [0.1, 0.15) is 29.0 Å². The van der Waals surface area contributed by atoms with Gasteiger partial charge in [-0.1, -0.05) is 71.5 Å². The van der Waals surface area contributed by atoms with Crippen LogP contribution in [0.5, 0.6) is 5.75 Å². The van der Waals surface area contributed by atoms with Crippen LogP contribution in [0.3, 0.4) is 0 Å². The van der Waals surface area contributed by atoms with Crippen molar-refractivity contribution >= 4 is 32.6 Å². The number of fused-ring (bicyclic) bond motifs is 1. The van der Waals surface area contributed by atoms with Gasteiger partial charge in [0.05, 0.1) is 17.3 Å². The van der Waals surface area contributed by atoms with Crippen molar-refractivity contribution in [3.8, 4) is 5.75 Å². The summed E-state index contributed by atoms with van der Waals surface area (Å²) in [5.74, 6) is 0.722. The normalized spacial score (nSPS) is 11.9. The number of ether oxygens (including phenoxy) is 1. The van der Waals surface area contributed by atoms with Crippen LogP contribution in [0.15, 0.2) is 72.8 Å². The van der Waals surface area contributed by atoms with Crippen LogP contribution in [-0.2, 0) is 4.79 Å². The van der Waals surface area contributed by atoms with Gasteiger partial charge >= 0.3 is 0 Å². The summed E-state index contributed by atoms with van der Waals surface area (Å²) in [5.41, 5.74) is 4.31. The number of aromatic nitrogens is 1. The van der Waals surface area contributed by atoms with Crippen molar-refractivity contribution in [2.45, 2.75) is 19.3 Å². The van der Waals surface area contributed by atoms with Gasteiger partial charge < -0.3 is 10.1 Å². The molecule has 1 amide bonds. The SMILES string of the molecule is COc1ccc2nc(NC(=O)CC(c3ccccc3)c3ccc(C)cc3)sc2c1. The highest BCUT2D eigenvalue weighted by atomic mass is 32.1. The first-order valence-electron chi connectivity index (χ1n) is 9.48. The number of hydrogen-bond acceptors (Lipinski definition) is 4. The molecule has 0 aliphatic heterocycles. The summed E-state index contributed by atoms with van der Waals surface area (Å²) in [6, 6.07) is 24.2. The molecule has 1 N–H and O–H groups in total. The molecule has 0 radical (unpaired) electrons. The van der Waals surface area contributed by atoms with E-state index in [9.17, 15) is 4.79 Å². The summed E-state index contributed by atoms with van der Waals surface area (Å²) in [7, 11) is 1.64. The molecule has 1 unspecified atom stereocenters. The number of carbonyl (C=O) groups is 1. The van der Waals surface area contributed by atoms with Crippen molar-refractivity contribution in [1.29, 1.82) is 0 Å². The second-order valence-electron chi connectivity index (χ2n) is 6.98. The second-order valence-corrected chi connectivity index (χ2v) is 8.01. The Kier molecular flexibility index (Phi) is 5.58. The van der Waals surface area contributed by atoms with Gasteiger partial charge in [-0.3, -0.25) is 4.79 Å². The van der Waals surface area contributed by atoms with Gasteiger partial charge in [0.25, 0.3) is 0 Å². The number of aryl methyl sites for hydroxylation is 1. The van der Waals surface area contributed by atoms with Crippen molar-refractivity contribution in [1.82, 2.24) is 4.98 Å². The molecule has 0 aliphatic rings. The van der Waals surface area contributed by atoms with E-state index < -0.39 is 0 Å². The van der Waals surface area contributed by atoms with E-state index in [-0.39, 0.29) is 11.8 Å². The lowest BCUT2D eigenvalue weighted by atomic mass is 9.88. The van der Waals surface area contributed by atoms with Crippen LogP contribution in [0.4, 0.5) is 5.13 Å². The molecular weight excluding hydrogens is 380 g/mol. The Labute approximate surface area is 174 Å². The molecule has 4 nitrogen and oxygen atoms in total. The van der Waals surface area contributed by atoms with Crippen LogP contribution in [-0.4, -0.2) is 18.0 Å². The number of anilines is 1. The van der Waals surface area contributed by atoms with Gasteiger partial charge in [-0.15, -0.1) is 0 Å². The van der Waals surface area contributed by atoms with Crippen LogP contribution >= 0.6 is 11.3 Å². The minimum Gasteiger partial charge on any atom is -0.497 e. The maximum absolute atomic E-state index is 12.9. The second kappa shape index (κ2) is 8.45. The predicted octanol–water partition coefficient (Wildman–Crippen LogP) is 5.77. The van der Waals surface area contributed by atoms with Crippen molar-refractivity contribution in [2.24, 2.45) is 0 Å². The molecule has 0 spiro atoms. The molecule has 0 saturated carbocycles. The summed E-state index contributed by atoms with van der Waals surface area (Å²) in [6.45, 7) is 2.07. The zero-order valence-corrected chi connectivity index (χ0v) is 17.2. The fraction of sp³-hybridized carbons (Fsp3) is 0.167. The highest BCUT2D eigenvalue weighted by Gasteiger charge is 2.19. The maximum Gasteiger partial charge on any atom is 0.227 e. The van der Waals surface area contributed by atoms with E-state index >= 15 is 0 Å². The van der Waals surface area contributed by atoms with E-state index in [1.165, 1.54) is 16.9 Å². The standard InChI is InChI=1S/C24H22N2O2S/c1-16-8-10-18(11-9-16)20(17-6-4-3-5-7-17)15-23(27)26-24-25-21-13-12-19(28-2)14-22(21)29-24/h3-14,20H,15H2,1-2H3,(H,25,26,27). The van der Waals surface area contributed by atoms with Crippen LogP contribution < -0.4 is 10.1 Å².